The van der Waals surface area contributed by atoms with E-state index >= 15 is 0 Å². The quantitative estimate of drug-likeness (QED) is 0.641. The monoisotopic (exact) mass is 396 g/mol. The zero-order chi connectivity index (χ0) is 18.4. The first-order valence-corrected chi connectivity index (χ1v) is 8.56. The number of halogens is 3. The standard InChI is InChI=1S/C18H15Cl3N2O2/c1-2-17(24)22-13-5-7-15(21)16(10-13)23-18(25)8-3-11-9-12(19)4-6-14(11)20/h3-10H,2H2,1H3,(H,22,24)(H,23,25)/b8-3+. The van der Waals surface area contributed by atoms with Crippen LogP contribution in [-0.2, 0) is 9.59 Å². The van der Waals surface area contributed by atoms with Gasteiger partial charge in [0.1, 0.15) is 0 Å². The SMILES string of the molecule is CCC(=O)Nc1ccc(Cl)c(NC(=O)/C=C/c2cc(Cl)ccc2Cl)c1. The summed E-state index contributed by atoms with van der Waals surface area (Å²) in [6.07, 6.45) is 3.23. The van der Waals surface area contributed by atoms with Crippen molar-refractivity contribution < 1.29 is 9.59 Å². The van der Waals surface area contributed by atoms with E-state index in [1.807, 2.05) is 0 Å². The van der Waals surface area contributed by atoms with Crippen LogP contribution in [0.1, 0.15) is 18.9 Å². The van der Waals surface area contributed by atoms with Gasteiger partial charge in [0.15, 0.2) is 0 Å². The maximum atomic E-state index is 12.1. The summed E-state index contributed by atoms with van der Waals surface area (Å²) in [6.45, 7) is 1.75. The van der Waals surface area contributed by atoms with Gasteiger partial charge in [-0.1, -0.05) is 41.7 Å². The highest BCUT2D eigenvalue weighted by atomic mass is 35.5. The predicted molar refractivity (Wildman–Crippen MR) is 104 cm³/mol. The number of amides is 2. The van der Waals surface area contributed by atoms with Crippen LogP contribution in [0.5, 0.6) is 0 Å². The molecule has 0 aromatic heterocycles. The average Bonchev–Trinajstić information content (AvgIpc) is 2.58. The lowest BCUT2D eigenvalue weighted by Gasteiger charge is -2.09. The summed E-state index contributed by atoms with van der Waals surface area (Å²) in [7, 11) is 0. The number of nitrogens with one attached hydrogen (secondary N) is 2. The molecule has 4 nitrogen and oxygen atoms in total. The summed E-state index contributed by atoms with van der Waals surface area (Å²) < 4.78 is 0. The van der Waals surface area contributed by atoms with Crippen LogP contribution in [0.25, 0.3) is 6.08 Å². The Balaban J connectivity index is 2.11. The molecule has 0 saturated heterocycles. The summed E-state index contributed by atoms with van der Waals surface area (Å²) in [5.41, 5.74) is 1.56. The van der Waals surface area contributed by atoms with Gasteiger partial charge in [0.05, 0.1) is 10.7 Å². The Kier molecular flexibility index (Phi) is 6.88. The third-order valence-corrected chi connectivity index (χ3v) is 4.11. The molecule has 2 rings (SSSR count). The Bertz CT molecular complexity index is 835. The van der Waals surface area contributed by atoms with Gasteiger partial charge in [0, 0.05) is 28.2 Å². The zero-order valence-electron chi connectivity index (χ0n) is 13.3. The molecular weight excluding hydrogens is 383 g/mol. The van der Waals surface area contributed by atoms with Crippen molar-refractivity contribution in [3.8, 4) is 0 Å². The van der Waals surface area contributed by atoms with Crippen molar-refractivity contribution in [3.05, 3.63) is 63.1 Å². The van der Waals surface area contributed by atoms with E-state index < -0.39 is 5.91 Å². The summed E-state index contributed by atoms with van der Waals surface area (Å²) in [6, 6.07) is 9.82. The topological polar surface area (TPSA) is 58.2 Å². The van der Waals surface area contributed by atoms with E-state index in [2.05, 4.69) is 10.6 Å². The summed E-state index contributed by atoms with van der Waals surface area (Å²) >= 11 is 18.0. The number of hydrogen-bond acceptors (Lipinski definition) is 2. The maximum Gasteiger partial charge on any atom is 0.248 e. The molecule has 0 aliphatic rings. The summed E-state index contributed by atoms with van der Waals surface area (Å²) in [5, 5.41) is 6.73. The molecule has 2 aromatic rings. The van der Waals surface area contributed by atoms with Crippen LogP contribution in [0.15, 0.2) is 42.5 Å². The number of benzene rings is 2. The molecule has 0 atom stereocenters. The lowest BCUT2D eigenvalue weighted by atomic mass is 10.2. The molecule has 2 N–H and O–H groups in total. The largest absolute Gasteiger partial charge is 0.326 e. The van der Waals surface area contributed by atoms with Gasteiger partial charge in [-0.25, -0.2) is 0 Å². The van der Waals surface area contributed by atoms with Crippen molar-refractivity contribution in [1.82, 2.24) is 0 Å². The summed E-state index contributed by atoms with van der Waals surface area (Å²) in [4.78, 5) is 23.6. The molecule has 7 heteroatoms. The second kappa shape index (κ2) is 8.90. The van der Waals surface area contributed by atoms with Crippen molar-refractivity contribution in [3.63, 3.8) is 0 Å². The molecule has 0 bridgehead atoms. The molecule has 130 valence electrons. The normalized spacial score (nSPS) is 10.7. The van der Waals surface area contributed by atoms with Crippen LogP contribution in [-0.4, -0.2) is 11.8 Å². The number of hydrogen-bond donors (Lipinski definition) is 2. The predicted octanol–water partition coefficient (Wildman–Crippen LogP) is 5.65. The fourth-order valence-corrected chi connectivity index (χ4v) is 2.46. The minimum absolute atomic E-state index is 0.130. The van der Waals surface area contributed by atoms with Crippen LogP contribution >= 0.6 is 34.8 Å². The van der Waals surface area contributed by atoms with Crippen LogP contribution < -0.4 is 10.6 Å². The molecule has 0 aliphatic heterocycles. The molecule has 25 heavy (non-hydrogen) atoms. The number of carbonyl (C=O) groups is 2. The Labute approximate surface area is 160 Å². The Morgan fingerprint density at radius 2 is 1.72 bits per heavy atom. The zero-order valence-corrected chi connectivity index (χ0v) is 15.5. The first kappa shape index (κ1) is 19.3. The molecule has 0 unspecified atom stereocenters. The van der Waals surface area contributed by atoms with Gasteiger partial charge in [-0.05, 0) is 48.0 Å². The highest BCUT2D eigenvalue weighted by Crippen LogP contribution is 2.26. The van der Waals surface area contributed by atoms with Crippen LogP contribution in [0, 0.1) is 0 Å². The van der Waals surface area contributed by atoms with Gasteiger partial charge in [-0.15, -0.1) is 0 Å². The molecule has 0 heterocycles. The van der Waals surface area contributed by atoms with Crippen molar-refractivity contribution in [2.24, 2.45) is 0 Å². The first-order chi connectivity index (χ1) is 11.9. The highest BCUT2D eigenvalue weighted by Gasteiger charge is 2.07. The van der Waals surface area contributed by atoms with Gasteiger partial charge in [-0.2, -0.15) is 0 Å². The van der Waals surface area contributed by atoms with E-state index in [1.54, 1.807) is 49.4 Å². The molecule has 0 fully saturated rings. The van der Waals surface area contributed by atoms with E-state index in [9.17, 15) is 9.59 Å². The second-order valence-electron chi connectivity index (χ2n) is 5.08. The fourth-order valence-electron chi connectivity index (χ4n) is 1.93. The van der Waals surface area contributed by atoms with E-state index in [0.29, 0.717) is 38.4 Å². The number of anilines is 2. The van der Waals surface area contributed by atoms with Crippen molar-refractivity contribution in [2.75, 3.05) is 10.6 Å². The van der Waals surface area contributed by atoms with E-state index in [-0.39, 0.29) is 5.91 Å². The van der Waals surface area contributed by atoms with Gasteiger partial charge >= 0.3 is 0 Å². The van der Waals surface area contributed by atoms with Crippen LogP contribution in [0.4, 0.5) is 11.4 Å². The Hall–Kier alpha value is -2.01. The molecule has 0 aliphatic carbocycles. The van der Waals surface area contributed by atoms with E-state index in [0.717, 1.165) is 0 Å². The third kappa shape index (κ3) is 5.78. The number of rotatable bonds is 5. The molecule has 0 saturated carbocycles. The Morgan fingerprint density at radius 3 is 2.44 bits per heavy atom. The van der Waals surface area contributed by atoms with Crippen LogP contribution in [0.3, 0.4) is 0 Å². The van der Waals surface area contributed by atoms with E-state index in [4.69, 9.17) is 34.8 Å². The van der Waals surface area contributed by atoms with E-state index in [1.165, 1.54) is 6.08 Å². The maximum absolute atomic E-state index is 12.1. The average molecular weight is 398 g/mol. The molecule has 2 aromatic carbocycles. The minimum atomic E-state index is -0.392. The van der Waals surface area contributed by atoms with Gasteiger partial charge in [0.25, 0.3) is 0 Å². The molecule has 0 radical (unpaired) electrons. The van der Waals surface area contributed by atoms with Gasteiger partial charge in [0.2, 0.25) is 11.8 Å². The Morgan fingerprint density at radius 1 is 1.00 bits per heavy atom. The lowest BCUT2D eigenvalue weighted by Crippen LogP contribution is -2.11. The molecule has 0 spiro atoms. The van der Waals surface area contributed by atoms with Crippen molar-refractivity contribution in [2.45, 2.75) is 13.3 Å². The van der Waals surface area contributed by atoms with Crippen molar-refractivity contribution >= 4 is 64.1 Å². The fraction of sp³-hybridized carbons (Fsp3) is 0.111. The number of carbonyl (C=O) groups excluding carboxylic acids is 2. The van der Waals surface area contributed by atoms with Crippen molar-refractivity contribution in [1.29, 1.82) is 0 Å². The van der Waals surface area contributed by atoms with Gasteiger partial charge < -0.3 is 10.6 Å². The lowest BCUT2D eigenvalue weighted by molar-refractivity contribution is -0.116. The molecular formula is C18H15Cl3N2O2. The van der Waals surface area contributed by atoms with Gasteiger partial charge in [-0.3, -0.25) is 9.59 Å². The summed E-state index contributed by atoms with van der Waals surface area (Å²) in [5.74, 6) is -0.521. The first-order valence-electron chi connectivity index (χ1n) is 7.42. The minimum Gasteiger partial charge on any atom is -0.326 e. The third-order valence-electron chi connectivity index (χ3n) is 3.20. The second-order valence-corrected chi connectivity index (χ2v) is 6.34. The molecule has 2 amide bonds. The highest BCUT2D eigenvalue weighted by molar-refractivity contribution is 6.35. The smallest absolute Gasteiger partial charge is 0.248 e. The van der Waals surface area contributed by atoms with Crippen LogP contribution in [0.2, 0.25) is 15.1 Å².